The van der Waals surface area contributed by atoms with E-state index in [9.17, 15) is 19.5 Å². The molecule has 0 bridgehead atoms. The van der Waals surface area contributed by atoms with Crippen molar-refractivity contribution in [3.63, 3.8) is 0 Å². The molecule has 0 radical (unpaired) electrons. The Morgan fingerprint density at radius 2 is 2.09 bits per heavy atom. The predicted octanol–water partition coefficient (Wildman–Crippen LogP) is -0.171. The topological polar surface area (TPSA) is 210 Å². The third kappa shape index (κ3) is 7.39. The Morgan fingerprint density at radius 3 is 2.82 bits per heavy atom. The number of carboxylic acids is 1. The number of hydrogen-bond donors (Lipinski definition) is 5. The minimum Gasteiger partial charge on any atom is -0.477 e. The van der Waals surface area contributed by atoms with Crippen LogP contribution in [0.2, 0.25) is 0 Å². The van der Waals surface area contributed by atoms with E-state index >= 15 is 0 Å². The fraction of sp³-hybridized carbons (Fsp3) is 0.423. The first-order valence-corrected chi connectivity index (χ1v) is 16.7. The fourth-order valence-electron chi connectivity index (χ4n) is 4.67. The molecule has 242 valence electrons. The van der Waals surface area contributed by atoms with Gasteiger partial charge in [0.1, 0.15) is 35.2 Å². The van der Waals surface area contributed by atoms with Crippen LogP contribution < -0.4 is 22.2 Å². The van der Waals surface area contributed by atoms with Crippen molar-refractivity contribution in [3.8, 4) is 0 Å². The molecule has 0 aliphatic carbocycles. The molecule has 19 heteroatoms. The Labute approximate surface area is 271 Å². The van der Waals surface area contributed by atoms with Crippen LogP contribution in [-0.4, -0.2) is 118 Å². The van der Waals surface area contributed by atoms with Gasteiger partial charge in [0, 0.05) is 49.5 Å². The van der Waals surface area contributed by atoms with Crippen LogP contribution in [0.4, 0.5) is 5.13 Å². The van der Waals surface area contributed by atoms with E-state index in [2.05, 4.69) is 20.9 Å². The van der Waals surface area contributed by atoms with Crippen molar-refractivity contribution >= 4 is 63.5 Å². The first-order valence-electron chi connectivity index (χ1n) is 13.8. The number of thioether (sulfide) groups is 2. The number of nitrogens with zero attached hydrogens (tertiary/aromatic N) is 5. The van der Waals surface area contributed by atoms with E-state index in [4.69, 9.17) is 25.8 Å². The number of aromatic nitrogens is 1. The number of nitrogen functional groups attached to an aromatic ring is 1. The Kier molecular flexibility index (Phi) is 10.9. The summed E-state index contributed by atoms with van der Waals surface area (Å²) >= 11 is 4.09. The molecule has 0 saturated carbocycles. The quantitative estimate of drug-likeness (QED) is 0.0665. The number of carboxylic acid groups (broad SMARTS) is 1. The van der Waals surface area contributed by atoms with E-state index < -0.39 is 29.2 Å². The molecule has 5 rings (SSSR count). The third-order valence-electron chi connectivity index (χ3n) is 6.71. The van der Waals surface area contributed by atoms with Gasteiger partial charge in [0.05, 0.1) is 24.8 Å². The zero-order valence-corrected chi connectivity index (χ0v) is 26.7. The Bertz CT molecular complexity index is 1460. The van der Waals surface area contributed by atoms with E-state index in [0.29, 0.717) is 31.1 Å². The van der Waals surface area contributed by atoms with Gasteiger partial charge >= 0.3 is 5.97 Å². The number of nitrogens with two attached hydrogens (primary N) is 2. The monoisotopic (exact) mass is 679 g/mol. The van der Waals surface area contributed by atoms with Gasteiger partial charge in [-0.15, -0.1) is 34.9 Å². The summed E-state index contributed by atoms with van der Waals surface area (Å²) in [7, 11) is 1.56. The van der Waals surface area contributed by atoms with Gasteiger partial charge in [0.15, 0.2) is 10.8 Å². The number of aliphatic carboxylic acids is 1. The second-order valence-corrected chi connectivity index (χ2v) is 12.8. The van der Waals surface area contributed by atoms with Crippen molar-refractivity contribution in [2.24, 2.45) is 10.9 Å². The Hall–Kier alpha value is -3.75. The number of carbonyl (C=O) groups excluding carboxylic acids is 2. The molecule has 0 unspecified atom stereocenters. The van der Waals surface area contributed by atoms with Gasteiger partial charge in [0.25, 0.3) is 11.8 Å². The fourth-order valence-corrected chi connectivity index (χ4v) is 7.22. The lowest BCUT2D eigenvalue weighted by Crippen LogP contribution is -2.71. The summed E-state index contributed by atoms with van der Waals surface area (Å²) in [5.74, 6) is -0.533. The summed E-state index contributed by atoms with van der Waals surface area (Å²) in [6.07, 6.45) is 7.56. The molecule has 0 spiro atoms. The lowest BCUT2D eigenvalue weighted by atomic mass is 10.0. The summed E-state index contributed by atoms with van der Waals surface area (Å²) < 4.78 is 10.2. The highest BCUT2D eigenvalue weighted by Gasteiger charge is 2.54. The van der Waals surface area contributed by atoms with Crippen LogP contribution in [0, 0.1) is 0 Å². The van der Waals surface area contributed by atoms with Crippen LogP contribution >= 0.6 is 34.9 Å². The zero-order chi connectivity index (χ0) is 31.9. The van der Waals surface area contributed by atoms with Gasteiger partial charge in [-0.05, 0) is 17.7 Å². The van der Waals surface area contributed by atoms with E-state index in [-0.39, 0.29) is 42.0 Å². The average Bonchev–Trinajstić information content (AvgIpc) is 3.65. The van der Waals surface area contributed by atoms with E-state index in [1.165, 1.54) is 16.7 Å². The second-order valence-electron chi connectivity index (χ2n) is 9.67. The number of anilines is 1. The number of hydrogen-bond acceptors (Lipinski definition) is 16. The largest absolute Gasteiger partial charge is 0.477 e. The molecule has 1 aromatic rings. The van der Waals surface area contributed by atoms with Crippen LogP contribution in [0.25, 0.3) is 0 Å². The summed E-state index contributed by atoms with van der Waals surface area (Å²) in [5, 5.41) is 20.7. The Morgan fingerprint density at radius 1 is 1.27 bits per heavy atom. The van der Waals surface area contributed by atoms with E-state index in [0.717, 1.165) is 27.9 Å². The van der Waals surface area contributed by atoms with Crippen molar-refractivity contribution in [1.29, 1.82) is 0 Å². The van der Waals surface area contributed by atoms with Crippen LogP contribution in [-0.2, 0) is 28.7 Å². The lowest BCUT2D eigenvalue weighted by molar-refractivity contribution is -0.150. The minimum atomic E-state index is -1.22. The third-order valence-corrected chi connectivity index (χ3v) is 9.70. The van der Waals surface area contributed by atoms with Crippen LogP contribution in [0.5, 0.6) is 0 Å². The molecule has 1 fully saturated rings. The number of fused-ring (bicyclic) bond motifs is 2. The number of carbonyl (C=O) groups is 3. The predicted molar refractivity (Wildman–Crippen MR) is 170 cm³/mol. The number of nitrogens with one attached hydrogen (secondary N) is 2. The minimum absolute atomic E-state index is 0.0614. The Balaban J connectivity index is 1.25. The number of allylic oxidation sites excluding steroid dienone is 2. The molecule has 2 amide bonds. The number of oxime groups is 1. The highest BCUT2D eigenvalue weighted by Crippen LogP contribution is 2.41. The molecule has 7 N–H and O–H groups in total. The SMILES string of the molecule is COCCOCCO/N=C(\C(=O)N[C@@H]1C(=O)N2C(C(=O)O)=C(CN3C=CN4NC(SCCN)=CC=C34)CS[C@@H]12)c1csc(N)n1. The molecule has 4 aliphatic rings. The highest BCUT2D eigenvalue weighted by atomic mass is 32.2. The maximum absolute atomic E-state index is 13.3. The molecule has 45 heavy (non-hydrogen) atoms. The first-order chi connectivity index (χ1) is 21.8. The number of amides is 2. The molecule has 16 nitrogen and oxygen atoms in total. The number of thiazole rings is 1. The normalized spacial score (nSPS) is 20.7. The number of ether oxygens (including phenoxy) is 2. The van der Waals surface area contributed by atoms with Crippen molar-refractivity contribution < 1.29 is 33.8 Å². The maximum atomic E-state index is 13.3. The molecule has 1 aromatic heterocycles. The van der Waals surface area contributed by atoms with E-state index in [1.807, 2.05) is 34.5 Å². The molecular weight excluding hydrogens is 647 g/mol. The van der Waals surface area contributed by atoms with Crippen molar-refractivity contribution in [1.82, 2.24) is 30.5 Å². The number of rotatable bonds is 16. The molecule has 2 atom stereocenters. The van der Waals surface area contributed by atoms with Crippen LogP contribution in [0.1, 0.15) is 5.69 Å². The maximum Gasteiger partial charge on any atom is 0.352 e. The standard InChI is InChI=1S/C26H33N9O7S3/c1-40-7-8-41-9-10-42-32-19(16-14-45-26(28)29-16)22(36)30-20-23(37)35-21(25(38)39)15(13-44-24(20)35)12-33-5-6-34-18(33)3-2-17(31-34)43-11-4-27/h2-3,5-6,14,20,24,31H,4,7-13,27H2,1H3,(H2,28,29)(H,30,36)(H,38,39)/b32-19-/t20-,24+/m1/s1. The van der Waals surface area contributed by atoms with Gasteiger partial charge in [-0.25, -0.2) is 14.8 Å². The lowest BCUT2D eigenvalue weighted by Gasteiger charge is -2.49. The van der Waals surface area contributed by atoms with Crippen LogP contribution in [0.15, 0.2) is 57.2 Å². The molecular formula is C26H33N9O7S3. The smallest absolute Gasteiger partial charge is 0.352 e. The number of methoxy groups -OCH3 is 1. The highest BCUT2D eigenvalue weighted by molar-refractivity contribution is 8.03. The summed E-state index contributed by atoms with van der Waals surface area (Å²) in [6, 6.07) is -0.973. The summed E-state index contributed by atoms with van der Waals surface area (Å²) in [4.78, 5) is 51.6. The van der Waals surface area contributed by atoms with Crippen molar-refractivity contribution in [2.75, 3.05) is 63.9 Å². The van der Waals surface area contributed by atoms with Gasteiger partial charge in [0.2, 0.25) is 0 Å². The number of hydrazine groups is 1. The van der Waals surface area contributed by atoms with Gasteiger partial charge in [-0.3, -0.25) is 19.9 Å². The van der Waals surface area contributed by atoms with Crippen molar-refractivity contribution in [2.45, 2.75) is 11.4 Å². The first kappa shape index (κ1) is 32.6. The summed E-state index contributed by atoms with van der Waals surface area (Å²) in [6.45, 7) is 1.90. The molecule has 1 saturated heterocycles. The van der Waals surface area contributed by atoms with Gasteiger partial charge in [-0.1, -0.05) is 5.16 Å². The molecule has 0 aromatic carbocycles. The summed E-state index contributed by atoms with van der Waals surface area (Å²) in [5.41, 5.74) is 15.2. The molecule has 5 heterocycles. The zero-order valence-electron chi connectivity index (χ0n) is 24.2. The van der Waals surface area contributed by atoms with Crippen LogP contribution in [0.3, 0.4) is 0 Å². The average molecular weight is 680 g/mol. The van der Waals surface area contributed by atoms with Gasteiger partial charge < -0.3 is 41.1 Å². The van der Waals surface area contributed by atoms with Crippen molar-refractivity contribution in [3.05, 3.63) is 57.7 Å². The molecule has 4 aliphatic heterocycles. The number of β-lactam (4-membered cyclic amide) rings is 1. The van der Waals surface area contributed by atoms with Gasteiger partial charge in [-0.2, -0.15) is 0 Å². The van der Waals surface area contributed by atoms with E-state index in [1.54, 1.807) is 24.3 Å². The second kappa shape index (κ2) is 15.0.